The van der Waals surface area contributed by atoms with Crippen molar-refractivity contribution in [3.05, 3.63) is 5.01 Å². The van der Waals surface area contributed by atoms with Crippen LogP contribution in [0.5, 0.6) is 0 Å². The number of hydrogen-bond donors (Lipinski definition) is 1. The molecule has 1 aliphatic rings. The van der Waals surface area contributed by atoms with Crippen molar-refractivity contribution in [2.75, 3.05) is 25.6 Å². The third-order valence-electron chi connectivity index (χ3n) is 4.47. The van der Waals surface area contributed by atoms with Gasteiger partial charge in [-0.15, -0.1) is 10.2 Å². The van der Waals surface area contributed by atoms with Gasteiger partial charge in [0, 0.05) is 26.0 Å². The second-order valence-electron chi connectivity index (χ2n) is 6.20. The molecule has 2 rings (SSSR count). The zero-order valence-electron chi connectivity index (χ0n) is 14.7. The van der Waals surface area contributed by atoms with E-state index in [4.69, 9.17) is 4.74 Å². The molecule has 0 aliphatic carbocycles. The van der Waals surface area contributed by atoms with Crippen LogP contribution in [0, 0.1) is 5.92 Å². The Balaban J connectivity index is 1.95. The number of likely N-dealkylation sites (tertiary alicyclic amines) is 1. The van der Waals surface area contributed by atoms with Gasteiger partial charge in [0.15, 0.2) is 0 Å². The van der Waals surface area contributed by atoms with Crippen molar-refractivity contribution in [3.8, 4) is 0 Å². The van der Waals surface area contributed by atoms with Crippen LogP contribution in [0.15, 0.2) is 0 Å². The van der Waals surface area contributed by atoms with Crippen LogP contribution >= 0.6 is 11.3 Å². The van der Waals surface area contributed by atoms with Gasteiger partial charge in [-0.05, 0) is 19.8 Å². The Labute approximate surface area is 146 Å². The predicted octanol–water partition coefficient (Wildman–Crippen LogP) is 2.26. The van der Waals surface area contributed by atoms with Crippen LogP contribution < -0.4 is 5.32 Å². The van der Waals surface area contributed by atoms with Crippen molar-refractivity contribution in [1.82, 2.24) is 15.1 Å². The van der Waals surface area contributed by atoms with Crippen LogP contribution in [0.3, 0.4) is 0 Å². The Morgan fingerprint density at radius 3 is 2.75 bits per heavy atom. The first-order valence-electron chi connectivity index (χ1n) is 8.42. The maximum Gasteiger partial charge on any atom is 0.231 e. The summed E-state index contributed by atoms with van der Waals surface area (Å²) in [5.41, 5.74) is 0. The van der Waals surface area contributed by atoms with Crippen molar-refractivity contribution in [2.24, 2.45) is 5.92 Å². The van der Waals surface area contributed by atoms with E-state index in [-0.39, 0.29) is 30.2 Å². The van der Waals surface area contributed by atoms with Crippen molar-refractivity contribution < 1.29 is 14.3 Å². The van der Waals surface area contributed by atoms with Crippen LogP contribution in [0.2, 0.25) is 0 Å². The van der Waals surface area contributed by atoms with Crippen molar-refractivity contribution >= 4 is 28.3 Å². The molecule has 8 heteroatoms. The number of hydrogen-bond acceptors (Lipinski definition) is 6. The van der Waals surface area contributed by atoms with Gasteiger partial charge >= 0.3 is 0 Å². The molecule has 1 fully saturated rings. The van der Waals surface area contributed by atoms with E-state index in [1.54, 1.807) is 12.0 Å². The number of nitrogens with zero attached hydrogens (tertiary/aromatic N) is 3. The number of nitrogens with one attached hydrogen (secondary N) is 1. The maximum atomic E-state index is 12.4. The van der Waals surface area contributed by atoms with Gasteiger partial charge in [0.2, 0.25) is 16.9 Å². The zero-order chi connectivity index (χ0) is 17.7. The summed E-state index contributed by atoms with van der Waals surface area (Å²) >= 11 is 1.42. The Morgan fingerprint density at radius 2 is 2.12 bits per heavy atom. The molecule has 7 nitrogen and oxygen atoms in total. The summed E-state index contributed by atoms with van der Waals surface area (Å²) in [6.45, 7) is 7.05. The van der Waals surface area contributed by atoms with E-state index >= 15 is 0 Å². The van der Waals surface area contributed by atoms with Gasteiger partial charge in [-0.3, -0.25) is 9.59 Å². The highest BCUT2D eigenvalue weighted by molar-refractivity contribution is 7.15. The highest BCUT2D eigenvalue weighted by atomic mass is 32.1. The van der Waals surface area contributed by atoms with Crippen LogP contribution in [-0.2, 0) is 14.3 Å². The molecule has 1 saturated heterocycles. The third kappa shape index (κ3) is 4.30. The minimum Gasteiger partial charge on any atom is -0.383 e. The van der Waals surface area contributed by atoms with Gasteiger partial charge < -0.3 is 15.0 Å². The molecule has 24 heavy (non-hydrogen) atoms. The first-order valence-corrected chi connectivity index (χ1v) is 9.24. The molecular weight excluding hydrogens is 328 g/mol. The lowest BCUT2D eigenvalue weighted by molar-refractivity contribution is -0.130. The van der Waals surface area contributed by atoms with Gasteiger partial charge in [-0.2, -0.15) is 0 Å². The minimum atomic E-state index is -0.350. The van der Waals surface area contributed by atoms with Crippen LogP contribution in [0.25, 0.3) is 0 Å². The average Bonchev–Trinajstić information content (AvgIpc) is 3.16. The second-order valence-corrected chi connectivity index (χ2v) is 7.21. The van der Waals surface area contributed by atoms with E-state index in [0.29, 0.717) is 24.2 Å². The molecule has 0 saturated carbocycles. The van der Waals surface area contributed by atoms with E-state index in [1.165, 1.54) is 11.3 Å². The van der Waals surface area contributed by atoms with Crippen LogP contribution in [0.4, 0.5) is 5.13 Å². The third-order valence-corrected chi connectivity index (χ3v) is 5.48. The van der Waals surface area contributed by atoms with Crippen molar-refractivity contribution in [3.63, 3.8) is 0 Å². The number of methoxy groups -OCH3 is 1. The highest BCUT2D eigenvalue weighted by Gasteiger charge is 2.36. The fraction of sp³-hybridized carbons (Fsp3) is 0.750. The van der Waals surface area contributed by atoms with E-state index < -0.39 is 0 Å². The Morgan fingerprint density at radius 1 is 1.42 bits per heavy atom. The Kier molecular flexibility index (Phi) is 6.68. The predicted molar refractivity (Wildman–Crippen MR) is 93.0 cm³/mol. The van der Waals surface area contributed by atoms with Crippen molar-refractivity contribution in [2.45, 2.75) is 52.0 Å². The monoisotopic (exact) mass is 354 g/mol. The molecule has 0 bridgehead atoms. The lowest BCUT2D eigenvalue weighted by Gasteiger charge is -2.23. The quantitative estimate of drug-likeness (QED) is 0.774. The number of carbonyl (C=O) groups excluding carboxylic acids is 2. The highest BCUT2D eigenvalue weighted by Crippen LogP contribution is 2.29. The topological polar surface area (TPSA) is 84.4 Å². The fourth-order valence-electron chi connectivity index (χ4n) is 2.96. The average molecular weight is 354 g/mol. The normalized spacial score (nSPS) is 19.1. The number of aromatic nitrogens is 2. The SMILES string of the molecule is CCC(CC)c1nnc(NC(=O)[C@H]2CC(=O)N([C@H](C)COC)C2)s1. The van der Waals surface area contributed by atoms with Crippen LogP contribution in [0.1, 0.15) is 51.0 Å². The van der Waals surface area contributed by atoms with Gasteiger partial charge in [0.25, 0.3) is 0 Å². The molecule has 134 valence electrons. The number of anilines is 1. The van der Waals surface area contributed by atoms with E-state index in [9.17, 15) is 9.59 Å². The summed E-state index contributed by atoms with van der Waals surface area (Å²) in [7, 11) is 1.61. The molecule has 1 aromatic rings. The van der Waals surface area contributed by atoms with Crippen LogP contribution in [-0.4, -0.2) is 53.2 Å². The zero-order valence-corrected chi connectivity index (χ0v) is 15.6. The fourth-order valence-corrected chi connectivity index (χ4v) is 3.97. The van der Waals surface area contributed by atoms with Gasteiger partial charge in [0.05, 0.1) is 18.6 Å². The standard InChI is InChI=1S/C16H26N4O3S/c1-5-11(6-2)15-18-19-16(24-15)17-14(22)12-7-13(21)20(8-12)10(3)9-23-4/h10-12H,5-9H2,1-4H3,(H,17,19,22)/t10-,12+/m1/s1. The number of carbonyl (C=O) groups is 2. The summed E-state index contributed by atoms with van der Waals surface area (Å²) in [4.78, 5) is 26.2. The Hall–Kier alpha value is -1.54. The second kappa shape index (κ2) is 8.53. The van der Waals surface area contributed by atoms with E-state index in [0.717, 1.165) is 17.8 Å². The van der Waals surface area contributed by atoms with E-state index in [2.05, 4.69) is 29.4 Å². The lowest BCUT2D eigenvalue weighted by Crippen LogP contribution is -2.38. The molecule has 1 N–H and O–H groups in total. The summed E-state index contributed by atoms with van der Waals surface area (Å²) in [6.07, 6.45) is 2.24. The number of amides is 2. The first-order chi connectivity index (χ1) is 11.5. The molecule has 2 amide bonds. The molecule has 2 atom stereocenters. The Bertz CT molecular complexity index is 573. The molecule has 0 unspecified atom stereocenters. The molecule has 1 aliphatic heterocycles. The molecular formula is C16H26N4O3S. The van der Waals surface area contributed by atoms with E-state index in [1.807, 2.05) is 6.92 Å². The lowest BCUT2D eigenvalue weighted by atomic mass is 10.1. The number of rotatable bonds is 8. The molecule has 1 aromatic heterocycles. The van der Waals surface area contributed by atoms with Crippen molar-refractivity contribution in [1.29, 1.82) is 0 Å². The van der Waals surface area contributed by atoms with Gasteiger partial charge in [-0.1, -0.05) is 25.2 Å². The molecule has 2 heterocycles. The molecule has 0 spiro atoms. The molecule has 0 aromatic carbocycles. The largest absolute Gasteiger partial charge is 0.383 e. The first kappa shape index (κ1) is 18.8. The minimum absolute atomic E-state index is 0.00492. The summed E-state index contributed by atoms with van der Waals surface area (Å²) in [5, 5.41) is 12.5. The summed E-state index contributed by atoms with van der Waals surface area (Å²) in [5.74, 6) is -0.138. The summed E-state index contributed by atoms with van der Waals surface area (Å²) in [6, 6.07) is -0.0247. The smallest absolute Gasteiger partial charge is 0.231 e. The maximum absolute atomic E-state index is 12.4. The van der Waals surface area contributed by atoms with Gasteiger partial charge in [0.1, 0.15) is 5.01 Å². The molecule has 0 radical (unpaired) electrons. The summed E-state index contributed by atoms with van der Waals surface area (Å²) < 4.78 is 5.09. The number of ether oxygens (including phenoxy) is 1. The van der Waals surface area contributed by atoms with Gasteiger partial charge in [-0.25, -0.2) is 0 Å².